The van der Waals surface area contributed by atoms with Gasteiger partial charge in [-0.2, -0.15) is 0 Å². The molecule has 1 aliphatic heterocycles. The standard InChI is InChI=1S/C13H21N3O/c1-10(2)13(17)14-7-6-11-9-16-8-4-3-5-12(16)15-11/h9-10H,3-8H2,1-2H3,(H,14,17). The summed E-state index contributed by atoms with van der Waals surface area (Å²) in [7, 11) is 0. The molecule has 1 aliphatic rings. The fourth-order valence-corrected chi connectivity index (χ4v) is 2.11. The SMILES string of the molecule is CC(C)C(=O)NCCc1cn2c(n1)CCCC2. The van der Waals surface area contributed by atoms with E-state index in [1.165, 1.54) is 18.7 Å². The Morgan fingerprint density at radius 2 is 2.35 bits per heavy atom. The van der Waals surface area contributed by atoms with Crippen molar-refractivity contribution >= 4 is 5.91 Å². The summed E-state index contributed by atoms with van der Waals surface area (Å²) < 4.78 is 2.25. The van der Waals surface area contributed by atoms with Gasteiger partial charge in [-0.1, -0.05) is 13.8 Å². The van der Waals surface area contributed by atoms with Gasteiger partial charge in [0.1, 0.15) is 5.82 Å². The van der Waals surface area contributed by atoms with E-state index in [0.29, 0.717) is 6.54 Å². The van der Waals surface area contributed by atoms with E-state index in [-0.39, 0.29) is 11.8 Å². The Morgan fingerprint density at radius 3 is 3.06 bits per heavy atom. The topological polar surface area (TPSA) is 46.9 Å². The van der Waals surface area contributed by atoms with E-state index in [9.17, 15) is 4.79 Å². The van der Waals surface area contributed by atoms with Gasteiger partial charge in [-0.25, -0.2) is 4.98 Å². The highest BCUT2D eigenvalue weighted by molar-refractivity contribution is 5.77. The van der Waals surface area contributed by atoms with Crippen LogP contribution in [0.25, 0.3) is 0 Å². The first-order chi connectivity index (χ1) is 8.16. The van der Waals surface area contributed by atoms with Crippen LogP contribution in [0.1, 0.15) is 38.2 Å². The molecule has 0 spiro atoms. The van der Waals surface area contributed by atoms with E-state index in [1.807, 2.05) is 13.8 Å². The summed E-state index contributed by atoms with van der Waals surface area (Å²) in [4.78, 5) is 16.0. The van der Waals surface area contributed by atoms with Gasteiger partial charge in [-0.15, -0.1) is 0 Å². The summed E-state index contributed by atoms with van der Waals surface area (Å²) in [5.74, 6) is 1.39. The minimum Gasteiger partial charge on any atom is -0.355 e. The van der Waals surface area contributed by atoms with Crippen molar-refractivity contribution in [1.29, 1.82) is 0 Å². The number of fused-ring (bicyclic) bond motifs is 1. The Balaban J connectivity index is 1.83. The van der Waals surface area contributed by atoms with Gasteiger partial charge in [0.05, 0.1) is 5.69 Å². The zero-order valence-electron chi connectivity index (χ0n) is 10.7. The number of hydrogen-bond donors (Lipinski definition) is 1. The molecule has 17 heavy (non-hydrogen) atoms. The van der Waals surface area contributed by atoms with Crippen LogP contribution in [-0.4, -0.2) is 22.0 Å². The molecule has 0 radical (unpaired) electrons. The van der Waals surface area contributed by atoms with Crippen LogP contribution in [0.4, 0.5) is 0 Å². The Morgan fingerprint density at radius 1 is 1.53 bits per heavy atom. The Hall–Kier alpha value is -1.32. The van der Waals surface area contributed by atoms with Gasteiger partial charge in [0, 0.05) is 38.0 Å². The molecule has 1 amide bonds. The predicted octanol–water partition coefficient (Wildman–Crippen LogP) is 1.53. The highest BCUT2D eigenvalue weighted by Gasteiger charge is 2.12. The highest BCUT2D eigenvalue weighted by Crippen LogP contribution is 2.14. The van der Waals surface area contributed by atoms with Crippen LogP contribution < -0.4 is 5.32 Å². The maximum atomic E-state index is 11.4. The average molecular weight is 235 g/mol. The lowest BCUT2D eigenvalue weighted by molar-refractivity contribution is -0.123. The average Bonchev–Trinajstić information content (AvgIpc) is 2.71. The first-order valence-electron chi connectivity index (χ1n) is 6.49. The van der Waals surface area contributed by atoms with Gasteiger partial charge in [-0.05, 0) is 12.8 Å². The third-order valence-corrected chi connectivity index (χ3v) is 3.16. The van der Waals surface area contributed by atoms with Crippen LogP contribution in [0.2, 0.25) is 0 Å². The van der Waals surface area contributed by atoms with Crippen molar-refractivity contribution < 1.29 is 4.79 Å². The first-order valence-corrected chi connectivity index (χ1v) is 6.49. The van der Waals surface area contributed by atoms with Crippen molar-refractivity contribution in [3.05, 3.63) is 17.7 Å². The molecule has 4 heteroatoms. The Labute approximate surface area is 102 Å². The van der Waals surface area contributed by atoms with E-state index in [4.69, 9.17) is 0 Å². The van der Waals surface area contributed by atoms with Gasteiger partial charge in [0.15, 0.2) is 0 Å². The zero-order valence-corrected chi connectivity index (χ0v) is 10.7. The van der Waals surface area contributed by atoms with E-state index in [1.54, 1.807) is 0 Å². The molecule has 0 aliphatic carbocycles. The number of aryl methyl sites for hydroxylation is 2. The summed E-state index contributed by atoms with van der Waals surface area (Å²) in [6, 6.07) is 0. The molecule has 0 unspecified atom stereocenters. The Bertz CT molecular complexity index is 372. The number of hydrogen-bond acceptors (Lipinski definition) is 2. The second-order valence-electron chi connectivity index (χ2n) is 4.99. The van der Waals surface area contributed by atoms with Crippen LogP contribution >= 0.6 is 0 Å². The molecule has 1 aromatic rings. The number of imidazole rings is 1. The summed E-state index contributed by atoms with van der Waals surface area (Å²) in [5.41, 5.74) is 1.10. The highest BCUT2D eigenvalue weighted by atomic mass is 16.1. The van der Waals surface area contributed by atoms with Crippen LogP contribution in [0.15, 0.2) is 6.20 Å². The van der Waals surface area contributed by atoms with E-state index in [0.717, 1.165) is 25.1 Å². The van der Waals surface area contributed by atoms with E-state index >= 15 is 0 Å². The van der Waals surface area contributed by atoms with Crippen molar-refractivity contribution in [2.75, 3.05) is 6.54 Å². The number of rotatable bonds is 4. The molecule has 0 saturated carbocycles. The molecular weight excluding hydrogens is 214 g/mol. The van der Waals surface area contributed by atoms with Gasteiger partial charge in [-0.3, -0.25) is 4.79 Å². The van der Waals surface area contributed by atoms with Crippen molar-refractivity contribution in [1.82, 2.24) is 14.9 Å². The monoisotopic (exact) mass is 235 g/mol. The number of amides is 1. The first kappa shape index (κ1) is 12.1. The number of nitrogens with one attached hydrogen (secondary N) is 1. The predicted molar refractivity (Wildman–Crippen MR) is 66.7 cm³/mol. The summed E-state index contributed by atoms with van der Waals surface area (Å²) >= 11 is 0. The van der Waals surface area contributed by atoms with Crippen LogP contribution in [0, 0.1) is 5.92 Å². The molecule has 0 aromatic carbocycles. The van der Waals surface area contributed by atoms with Crippen molar-refractivity contribution in [2.24, 2.45) is 5.92 Å². The zero-order chi connectivity index (χ0) is 12.3. The Kier molecular flexibility index (Phi) is 3.82. The second-order valence-corrected chi connectivity index (χ2v) is 4.99. The summed E-state index contributed by atoms with van der Waals surface area (Å²) in [6.07, 6.45) is 6.57. The fraction of sp³-hybridized carbons (Fsp3) is 0.692. The van der Waals surface area contributed by atoms with Gasteiger partial charge in [0.2, 0.25) is 5.91 Å². The lowest BCUT2D eigenvalue weighted by Gasteiger charge is -2.11. The number of nitrogens with zero attached hydrogens (tertiary/aromatic N) is 2. The van der Waals surface area contributed by atoms with Crippen LogP contribution in [0.3, 0.4) is 0 Å². The lowest BCUT2D eigenvalue weighted by atomic mass is 10.2. The normalized spacial score (nSPS) is 14.8. The molecule has 0 fully saturated rings. The lowest BCUT2D eigenvalue weighted by Crippen LogP contribution is -2.29. The molecule has 1 aromatic heterocycles. The second kappa shape index (κ2) is 5.34. The van der Waals surface area contributed by atoms with Crippen LogP contribution in [0.5, 0.6) is 0 Å². The number of aromatic nitrogens is 2. The smallest absolute Gasteiger partial charge is 0.222 e. The number of carbonyl (C=O) groups excluding carboxylic acids is 1. The third kappa shape index (κ3) is 3.08. The van der Waals surface area contributed by atoms with E-state index < -0.39 is 0 Å². The van der Waals surface area contributed by atoms with Crippen molar-refractivity contribution in [3.63, 3.8) is 0 Å². The fourth-order valence-electron chi connectivity index (χ4n) is 2.11. The molecule has 0 saturated heterocycles. The molecule has 0 atom stereocenters. The van der Waals surface area contributed by atoms with Gasteiger partial charge >= 0.3 is 0 Å². The largest absolute Gasteiger partial charge is 0.355 e. The molecule has 2 heterocycles. The number of carbonyl (C=O) groups is 1. The minimum absolute atomic E-state index is 0.0604. The van der Waals surface area contributed by atoms with Crippen molar-refractivity contribution in [3.8, 4) is 0 Å². The molecule has 4 nitrogen and oxygen atoms in total. The molecule has 2 rings (SSSR count). The molecule has 94 valence electrons. The third-order valence-electron chi connectivity index (χ3n) is 3.16. The van der Waals surface area contributed by atoms with Crippen molar-refractivity contribution in [2.45, 2.75) is 46.1 Å². The van der Waals surface area contributed by atoms with Gasteiger partial charge < -0.3 is 9.88 Å². The summed E-state index contributed by atoms with van der Waals surface area (Å²) in [6.45, 7) is 5.60. The molecule has 1 N–H and O–H groups in total. The molecular formula is C13H21N3O. The maximum Gasteiger partial charge on any atom is 0.222 e. The molecule has 0 bridgehead atoms. The summed E-state index contributed by atoms with van der Waals surface area (Å²) in [5, 5.41) is 2.92. The van der Waals surface area contributed by atoms with E-state index in [2.05, 4.69) is 21.1 Å². The minimum atomic E-state index is 0.0604. The van der Waals surface area contributed by atoms with Gasteiger partial charge in [0.25, 0.3) is 0 Å². The van der Waals surface area contributed by atoms with Crippen LogP contribution in [-0.2, 0) is 24.2 Å². The maximum absolute atomic E-state index is 11.4. The quantitative estimate of drug-likeness (QED) is 0.860.